The van der Waals surface area contributed by atoms with Crippen LogP contribution in [-0.2, 0) is 0 Å². The number of benzene rings is 8. The lowest BCUT2D eigenvalue weighted by Gasteiger charge is -2.16. The maximum Gasteiger partial charge on any atom is 0.0886 e. The number of hydrogen-bond acceptors (Lipinski definition) is 2. The van der Waals surface area contributed by atoms with Crippen molar-refractivity contribution >= 4 is 21.5 Å². The number of hydrogen-bond donors (Lipinski definition) is 0. The molecule has 0 amide bonds. The minimum atomic E-state index is 0.866. The van der Waals surface area contributed by atoms with Crippen molar-refractivity contribution in [1.82, 2.24) is 9.97 Å². The molecule has 2 aromatic heterocycles. The summed E-state index contributed by atoms with van der Waals surface area (Å²) in [7, 11) is 0. The summed E-state index contributed by atoms with van der Waals surface area (Å²) < 4.78 is 0. The summed E-state index contributed by atoms with van der Waals surface area (Å²) >= 11 is 0. The van der Waals surface area contributed by atoms with E-state index in [0.717, 1.165) is 28.1 Å². The Morgan fingerprint density at radius 2 is 0.696 bits per heavy atom. The Bertz CT molecular complexity index is 3020. The van der Waals surface area contributed by atoms with E-state index in [1.54, 1.807) is 0 Å². The van der Waals surface area contributed by atoms with E-state index in [9.17, 15) is 0 Å². The van der Waals surface area contributed by atoms with Crippen LogP contribution in [0.25, 0.3) is 122 Å². The van der Waals surface area contributed by atoms with Crippen LogP contribution in [0.3, 0.4) is 0 Å². The lowest BCUT2D eigenvalue weighted by Crippen LogP contribution is -1.90. The molecule has 0 unspecified atom stereocenters. The van der Waals surface area contributed by atoms with Gasteiger partial charge in [-0.25, -0.2) is 0 Å². The third-order valence-electron chi connectivity index (χ3n) is 11.9. The molecule has 2 aliphatic rings. The van der Waals surface area contributed by atoms with Gasteiger partial charge in [-0.05, 0) is 147 Å². The van der Waals surface area contributed by atoms with Gasteiger partial charge in [0.2, 0.25) is 0 Å². The van der Waals surface area contributed by atoms with E-state index in [4.69, 9.17) is 4.98 Å². The van der Waals surface area contributed by atoms with Crippen LogP contribution in [0.15, 0.2) is 194 Å². The van der Waals surface area contributed by atoms with Gasteiger partial charge in [-0.1, -0.05) is 140 Å². The maximum absolute atomic E-state index is 4.80. The second-order valence-electron chi connectivity index (χ2n) is 14.9. The van der Waals surface area contributed by atoms with Crippen molar-refractivity contribution in [2.75, 3.05) is 0 Å². The van der Waals surface area contributed by atoms with Crippen molar-refractivity contribution in [2.45, 2.75) is 0 Å². The monoisotopic (exact) mass is 708 g/mol. The first-order valence-corrected chi connectivity index (χ1v) is 19.2. The fourth-order valence-electron chi connectivity index (χ4n) is 9.33. The highest BCUT2D eigenvalue weighted by molar-refractivity contribution is 6.20. The van der Waals surface area contributed by atoms with Gasteiger partial charge in [-0.3, -0.25) is 9.97 Å². The zero-order valence-electron chi connectivity index (χ0n) is 30.4. The first-order chi connectivity index (χ1) is 27.8. The van der Waals surface area contributed by atoms with E-state index in [2.05, 4.69) is 169 Å². The molecule has 10 aromatic rings. The highest BCUT2D eigenvalue weighted by atomic mass is 14.8. The van der Waals surface area contributed by atoms with Crippen molar-refractivity contribution in [3.63, 3.8) is 0 Å². The van der Waals surface area contributed by atoms with Gasteiger partial charge in [0.15, 0.2) is 0 Å². The van der Waals surface area contributed by atoms with Crippen LogP contribution >= 0.6 is 0 Å². The number of aromatic nitrogens is 2. The van der Waals surface area contributed by atoms with Crippen LogP contribution in [0.4, 0.5) is 0 Å². The van der Waals surface area contributed by atoms with E-state index in [-0.39, 0.29) is 0 Å². The third kappa shape index (κ3) is 4.63. The molecule has 0 spiro atoms. The molecule has 2 heterocycles. The topological polar surface area (TPSA) is 25.8 Å². The fraction of sp³-hybridized carbons (Fsp3) is 0. The van der Waals surface area contributed by atoms with Gasteiger partial charge in [0.05, 0.1) is 11.4 Å². The highest BCUT2D eigenvalue weighted by Crippen LogP contribution is 2.52. The summed E-state index contributed by atoms with van der Waals surface area (Å²) in [5.41, 5.74) is 21.7. The van der Waals surface area contributed by atoms with Crippen molar-refractivity contribution in [3.8, 4) is 100 Å². The molecular formula is C54H32N2. The zero-order valence-corrected chi connectivity index (χ0v) is 30.4. The first-order valence-electron chi connectivity index (χ1n) is 19.2. The number of nitrogens with zero attached hydrogens (tertiary/aromatic N) is 2. The van der Waals surface area contributed by atoms with Gasteiger partial charge >= 0.3 is 0 Å². The number of pyridine rings is 2. The quantitative estimate of drug-likeness (QED) is 0.178. The molecule has 0 aliphatic heterocycles. The molecule has 258 valence electrons. The van der Waals surface area contributed by atoms with Gasteiger partial charge < -0.3 is 0 Å². The molecule has 2 heteroatoms. The molecule has 0 N–H and O–H groups in total. The van der Waals surface area contributed by atoms with E-state index in [0.29, 0.717) is 0 Å². The predicted octanol–water partition coefficient (Wildman–Crippen LogP) is 14.4. The summed E-state index contributed by atoms with van der Waals surface area (Å²) in [4.78, 5) is 9.29. The summed E-state index contributed by atoms with van der Waals surface area (Å²) in [6, 6.07) is 66.7. The van der Waals surface area contributed by atoms with E-state index >= 15 is 0 Å². The minimum absolute atomic E-state index is 0.866. The Morgan fingerprint density at radius 3 is 1.23 bits per heavy atom. The SMILES string of the molecule is c1ccc(-c2ccc(-c3cccc(-c4cc(-c5ccc6c7c(cccc57)-c5ccccc5-6)cc(-c5ccc6c7c(cccc57)-c5ccccc5-6)c4)c3)cn2)nc1. The van der Waals surface area contributed by atoms with E-state index in [1.165, 1.54) is 93.9 Å². The van der Waals surface area contributed by atoms with Gasteiger partial charge in [0, 0.05) is 18.0 Å². The van der Waals surface area contributed by atoms with Gasteiger partial charge in [-0.2, -0.15) is 0 Å². The van der Waals surface area contributed by atoms with Gasteiger partial charge in [0.25, 0.3) is 0 Å². The lowest BCUT2D eigenvalue weighted by molar-refractivity contribution is 1.25. The van der Waals surface area contributed by atoms with Gasteiger partial charge in [-0.15, -0.1) is 0 Å². The average Bonchev–Trinajstić information content (AvgIpc) is 3.78. The second-order valence-corrected chi connectivity index (χ2v) is 14.9. The van der Waals surface area contributed by atoms with Gasteiger partial charge in [0.1, 0.15) is 0 Å². The molecular weight excluding hydrogens is 677 g/mol. The van der Waals surface area contributed by atoms with Crippen molar-refractivity contribution in [3.05, 3.63) is 194 Å². The highest BCUT2D eigenvalue weighted by Gasteiger charge is 2.25. The molecule has 0 radical (unpaired) electrons. The van der Waals surface area contributed by atoms with Crippen molar-refractivity contribution < 1.29 is 0 Å². The van der Waals surface area contributed by atoms with Crippen LogP contribution in [0, 0.1) is 0 Å². The molecule has 56 heavy (non-hydrogen) atoms. The Kier molecular flexibility index (Phi) is 6.66. The van der Waals surface area contributed by atoms with Crippen molar-refractivity contribution in [1.29, 1.82) is 0 Å². The molecule has 12 rings (SSSR count). The predicted molar refractivity (Wildman–Crippen MR) is 233 cm³/mol. The van der Waals surface area contributed by atoms with Crippen LogP contribution < -0.4 is 0 Å². The lowest BCUT2D eigenvalue weighted by atomic mass is 9.87. The van der Waals surface area contributed by atoms with Crippen LogP contribution in [0.1, 0.15) is 0 Å². The molecule has 0 fully saturated rings. The summed E-state index contributed by atoms with van der Waals surface area (Å²) in [6.45, 7) is 0. The largest absolute Gasteiger partial charge is 0.255 e. The summed E-state index contributed by atoms with van der Waals surface area (Å²) in [5, 5.41) is 5.24. The first kappa shape index (κ1) is 31.0. The normalized spacial score (nSPS) is 11.9. The average molecular weight is 709 g/mol. The van der Waals surface area contributed by atoms with Crippen molar-refractivity contribution in [2.24, 2.45) is 0 Å². The molecule has 0 atom stereocenters. The van der Waals surface area contributed by atoms with Crippen LogP contribution in [0.5, 0.6) is 0 Å². The smallest absolute Gasteiger partial charge is 0.0886 e. The molecule has 0 bridgehead atoms. The fourth-order valence-corrected chi connectivity index (χ4v) is 9.33. The van der Waals surface area contributed by atoms with Crippen LogP contribution in [0.2, 0.25) is 0 Å². The third-order valence-corrected chi connectivity index (χ3v) is 11.9. The Morgan fingerprint density at radius 1 is 0.250 bits per heavy atom. The molecule has 8 aromatic carbocycles. The summed E-state index contributed by atoms with van der Waals surface area (Å²) in [6.07, 6.45) is 3.77. The molecule has 2 aliphatic carbocycles. The Labute approximate surface area is 325 Å². The van der Waals surface area contributed by atoms with E-state index < -0.39 is 0 Å². The Balaban J connectivity index is 1.06. The summed E-state index contributed by atoms with van der Waals surface area (Å²) in [5.74, 6) is 0. The van der Waals surface area contributed by atoms with Crippen LogP contribution in [-0.4, -0.2) is 9.97 Å². The number of fused-ring (bicyclic) bond motifs is 6. The molecule has 0 saturated heterocycles. The maximum atomic E-state index is 4.80. The standard InChI is InChI=1S/C54H32N2/c1-3-14-43-41(12-1)47-18-8-16-45-39(22-24-49(43)53(45)47)37-29-36(34-11-7-10-33(28-34)35-21-26-52(56-32-35)51-20-5-6-27-55-51)30-38(31-37)40-23-25-50-44-15-4-2-13-42(44)48-19-9-17-46(40)54(48)50/h1-32H. The second kappa shape index (κ2) is 12.0. The van der Waals surface area contributed by atoms with E-state index in [1.807, 2.05) is 30.6 Å². The number of rotatable bonds is 5. The Hall–Kier alpha value is -7.42. The molecule has 0 saturated carbocycles. The molecule has 2 nitrogen and oxygen atoms in total. The minimum Gasteiger partial charge on any atom is -0.255 e. The zero-order chi connectivity index (χ0) is 36.7.